The molecule has 2 N–H and O–H groups in total. The van der Waals surface area contributed by atoms with Gasteiger partial charge in [-0.05, 0) is 17.7 Å². The van der Waals surface area contributed by atoms with Crippen molar-refractivity contribution in [2.45, 2.75) is 12.6 Å². The van der Waals surface area contributed by atoms with Gasteiger partial charge in [-0.2, -0.15) is 0 Å². The van der Waals surface area contributed by atoms with E-state index in [1.165, 1.54) is 18.2 Å². The standard InChI is InChI=1S/C23H18FN3O2/c24-18-12-6-7-13-19(18)25-23(29)27-22-20(28)14-16-10-4-5-11-17(16)21(26-22)15-8-2-1-3-9-15/h1-13,22H,14H2,(H2,25,27,29)/t22-/m1/s1. The predicted molar refractivity (Wildman–Crippen MR) is 110 cm³/mol. The van der Waals surface area contributed by atoms with E-state index >= 15 is 0 Å². The number of ketones is 1. The minimum Gasteiger partial charge on any atom is -0.309 e. The number of hydrogen-bond donors (Lipinski definition) is 2. The summed E-state index contributed by atoms with van der Waals surface area (Å²) in [5.74, 6) is -0.803. The maximum Gasteiger partial charge on any atom is 0.321 e. The van der Waals surface area contributed by atoms with Gasteiger partial charge in [0, 0.05) is 17.5 Å². The third-order valence-corrected chi connectivity index (χ3v) is 4.64. The maximum atomic E-state index is 13.8. The van der Waals surface area contributed by atoms with Gasteiger partial charge in [0.05, 0.1) is 11.4 Å². The van der Waals surface area contributed by atoms with Gasteiger partial charge in [0.15, 0.2) is 11.9 Å². The number of aliphatic imine (C=N–C) groups is 1. The molecule has 0 radical (unpaired) electrons. The summed E-state index contributed by atoms with van der Waals surface area (Å²) < 4.78 is 13.8. The third kappa shape index (κ3) is 4.06. The largest absolute Gasteiger partial charge is 0.321 e. The second-order valence-electron chi connectivity index (χ2n) is 6.62. The van der Waals surface area contributed by atoms with Gasteiger partial charge in [-0.3, -0.25) is 9.79 Å². The van der Waals surface area contributed by atoms with Crippen LogP contribution in [0.2, 0.25) is 0 Å². The van der Waals surface area contributed by atoms with Gasteiger partial charge in [0.25, 0.3) is 0 Å². The van der Waals surface area contributed by atoms with Crippen LogP contribution >= 0.6 is 0 Å². The molecule has 3 aromatic carbocycles. The monoisotopic (exact) mass is 387 g/mol. The van der Waals surface area contributed by atoms with E-state index in [1.54, 1.807) is 6.07 Å². The Bertz CT molecular complexity index is 1100. The molecule has 4 rings (SSSR count). The number of nitrogens with zero attached hydrogens (tertiary/aromatic N) is 1. The lowest BCUT2D eigenvalue weighted by Crippen LogP contribution is -2.42. The van der Waals surface area contributed by atoms with Crippen molar-refractivity contribution in [1.82, 2.24) is 5.32 Å². The molecule has 1 aliphatic rings. The first-order chi connectivity index (χ1) is 14.1. The van der Waals surface area contributed by atoms with Crippen molar-refractivity contribution >= 4 is 23.2 Å². The first kappa shape index (κ1) is 18.6. The lowest BCUT2D eigenvalue weighted by atomic mass is 9.96. The molecule has 0 aliphatic carbocycles. The Hall–Kier alpha value is -3.80. The summed E-state index contributed by atoms with van der Waals surface area (Å²) in [4.78, 5) is 29.8. The van der Waals surface area contributed by atoms with Gasteiger partial charge < -0.3 is 10.6 Å². The van der Waals surface area contributed by atoms with Crippen molar-refractivity contribution in [2.24, 2.45) is 4.99 Å². The van der Waals surface area contributed by atoms with Gasteiger partial charge >= 0.3 is 6.03 Å². The molecule has 6 heteroatoms. The number of carbonyl (C=O) groups is 2. The lowest BCUT2D eigenvalue weighted by Gasteiger charge is -2.14. The Labute approximate surface area is 167 Å². The molecule has 0 saturated carbocycles. The molecule has 3 aromatic rings. The summed E-state index contributed by atoms with van der Waals surface area (Å²) in [6.45, 7) is 0. The second-order valence-corrected chi connectivity index (χ2v) is 6.62. The topological polar surface area (TPSA) is 70.6 Å². The Kier molecular flexibility index (Phi) is 5.16. The molecule has 2 amide bonds. The van der Waals surface area contributed by atoms with E-state index in [4.69, 9.17) is 0 Å². The summed E-state index contributed by atoms with van der Waals surface area (Å²) in [6, 6.07) is 22.2. The molecular weight excluding hydrogens is 369 g/mol. The number of halogens is 1. The number of urea groups is 1. The van der Waals surface area contributed by atoms with Crippen molar-refractivity contribution < 1.29 is 14.0 Å². The molecule has 0 aromatic heterocycles. The van der Waals surface area contributed by atoms with Crippen LogP contribution < -0.4 is 10.6 Å². The van der Waals surface area contributed by atoms with Crippen molar-refractivity contribution in [1.29, 1.82) is 0 Å². The zero-order valence-corrected chi connectivity index (χ0v) is 15.4. The van der Waals surface area contributed by atoms with Crippen LogP contribution in [0.25, 0.3) is 0 Å². The average molecular weight is 387 g/mol. The van der Waals surface area contributed by atoms with Crippen molar-refractivity contribution in [3.63, 3.8) is 0 Å². The molecule has 0 fully saturated rings. The van der Waals surface area contributed by atoms with Crippen LogP contribution in [0.1, 0.15) is 16.7 Å². The highest BCUT2D eigenvalue weighted by molar-refractivity contribution is 6.16. The number of carbonyl (C=O) groups excluding carboxylic acids is 2. The normalized spacial score (nSPS) is 15.7. The fraction of sp³-hybridized carbons (Fsp3) is 0.0870. The molecule has 1 atom stereocenters. The molecule has 0 spiro atoms. The van der Waals surface area contributed by atoms with Crippen LogP contribution in [0.3, 0.4) is 0 Å². The number of fused-ring (bicyclic) bond motifs is 1. The highest BCUT2D eigenvalue weighted by atomic mass is 19.1. The molecule has 5 nitrogen and oxygen atoms in total. The van der Waals surface area contributed by atoms with E-state index in [1.807, 2.05) is 54.6 Å². The quantitative estimate of drug-likeness (QED) is 0.715. The molecule has 1 heterocycles. The van der Waals surface area contributed by atoms with Crippen LogP contribution in [-0.4, -0.2) is 23.7 Å². The number of para-hydroxylation sites is 1. The number of amides is 2. The average Bonchev–Trinajstić information content (AvgIpc) is 2.87. The Balaban J connectivity index is 1.66. The first-order valence-electron chi connectivity index (χ1n) is 9.18. The van der Waals surface area contributed by atoms with Crippen LogP contribution in [0, 0.1) is 5.82 Å². The summed E-state index contributed by atoms with van der Waals surface area (Å²) in [6.07, 6.45) is -0.940. The fourth-order valence-electron chi connectivity index (χ4n) is 3.24. The van der Waals surface area contributed by atoms with Crippen LogP contribution in [0.5, 0.6) is 0 Å². The zero-order chi connectivity index (χ0) is 20.2. The molecule has 0 unspecified atom stereocenters. The first-order valence-corrected chi connectivity index (χ1v) is 9.18. The SMILES string of the molecule is O=C(Nc1ccccc1F)N[C@H]1N=C(c2ccccc2)c2ccccc2CC1=O. The smallest absolute Gasteiger partial charge is 0.309 e. The van der Waals surface area contributed by atoms with Gasteiger partial charge in [-0.1, -0.05) is 66.7 Å². The summed E-state index contributed by atoms with van der Waals surface area (Å²) in [5.41, 5.74) is 3.20. The Morgan fingerprint density at radius 2 is 1.62 bits per heavy atom. The van der Waals surface area contributed by atoms with Crippen molar-refractivity contribution in [2.75, 3.05) is 5.32 Å². The maximum absolute atomic E-state index is 13.8. The van der Waals surface area contributed by atoms with Crippen molar-refractivity contribution in [3.05, 3.63) is 101 Å². The van der Waals surface area contributed by atoms with E-state index in [2.05, 4.69) is 15.6 Å². The zero-order valence-electron chi connectivity index (χ0n) is 15.4. The van der Waals surface area contributed by atoms with E-state index < -0.39 is 18.0 Å². The minimum absolute atomic E-state index is 0.0293. The Morgan fingerprint density at radius 1 is 0.931 bits per heavy atom. The molecule has 1 aliphatic heterocycles. The number of nitrogens with one attached hydrogen (secondary N) is 2. The summed E-state index contributed by atoms with van der Waals surface area (Å²) in [5, 5.41) is 4.99. The van der Waals surface area contributed by atoms with Crippen molar-refractivity contribution in [3.8, 4) is 0 Å². The molecule has 144 valence electrons. The van der Waals surface area contributed by atoms with Crippen LogP contribution in [0.15, 0.2) is 83.9 Å². The fourth-order valence-corrected chi connectivity index (χ4v) is 3.24. The molecular formula is C23H18FN3O2. The van der Waals surface area contributed by atoms with E-state index in [-0.39, 0.29) is 17.9 Å². The van der Waals surface area contributed by atoms with Crippen LogP contribution in [0.4, 0.5) is 14.9 Å². The minimum atomic E-state index is -1.08. The number of benzene rings is 3. The summed E-state index contributed by atoms with van der Waals surface area (Å²) in [7, 11) is 0. The number of hydrogen-bond acceptors (Lipinski definition) is 3. The van der Waals surface area contributed by atoms with Crippen LogP contribution in [-0.2, 0) is 11.2 Å². The molecule has 29 heavy (non-hydrogen) atoms. The van der Waals surface area contributed by atoms with E-state index in [0.29, 0.717) is 5.71 Å². The number of rotatable bonds is 3. The lowest BCUT2D eigenvalue weighted by molar-refractivity contribution is -0.119. The van der Waals surface area contributed by atoms with Gasteiger partial charge in [-0.25, -0.2) is 9.18 Å². The second kappa shape index (κ2) is 8.06. The van der Waals surface area contributed by atoms with E-state index in [9.17, 15) is 14.0 Å². The highest BCUT2D eigenvalue weighted by Crippen LogP contribution is 2.21. The number of Topliss-reactive ketones (excluding diaryl/α,β-unsaturated/α-hetero) is 1. The van der Waals surface area contributed by atoms with Gasteiger partial charge in [-0.15, -0.1) is 0 Å². The van der Waals surface area contributed by atoms with E-state index in [0.717, 1.165) is 16.7 Å². The number of anilines is 1. The Morgan fingerprint density at radius 3 is 2.41 bits per heavy atom. The third-order valence-electron chi connectivity index (χ3n) is 4.64. The molecule has 0 bridgehead atoms. The summed E-state index contributed by atoms with van der Waals surface area (Å²) >= 11 is 0. The predicted octanol–water partition coefficient (Wildman–Crippen LogP) is 3.94. The highest BCUT2D eigenvalue weighted by Gasteiger charge is 2.27. The molecule has 0 saturated heterocycles. The van der Waals surface area contributed by atoms with Gasteiger partial charge in [0.1, 0.15) is 5.82 Å². The van der Waals surface area contributed by atoms with Gasteiger partial charge in [0.2, 0.25) is 0 Å².